The van der Waals surface area contributed by atoms with Crippen molar-refractivity contribution >= 4 is 11.6 Å². The summed E-state index contributed by atoms with van der Waals surface area (Å²) in [4.78, 5) is 0. The average molecular weight is 319 g/mol. The fourth-order valence-corrected chi connectivity index (χ4v) is 2.13. The standard InChI is InChI=1S/C15H11ClF4O/c1-8-5-6-9(7-12(8)16)14(21)10-3-2-4-11(13(10)17)15(18,19)20/h2-7,14,21H,1H3. The van der Waals surface area contributed by atoms with Crippen molar-refractivity contribution in [3.05, 3.63) is 69.5 Å². The molecule has 0 aliphatic carbocycles. The zero-order valence-electron chi connectivity index (χ0n) is 10.9. The molecule has 0 aliphatic heterocycles. The van der Waals surface area contributed by atoms with E-state index in [9.17, 15) is 22.7 Å². The monoisotopic (exact) mass is 318 g/mol. The zero-order valence-corrected chi connectivity index (χ0v) is 11.6. The fraction of sp³-hybridized carbons (Fsp3) is 0.200. The predicted molar refractivity (Wildman–Crippen MR) is 71.7 cm³/mol. The summed E-state index contributed by atoms with van der Waals surface area (Å²) >= 11 is 5.90. The van der Waals surface area contributed by atoms with Crippen LogP contribution in [0.4, 0.5) is 17.6 Å². The molecule has 2 aromatic carbocycles. The Bertz CT molecular complexity index is 667. The van der Waals surface area contributed by atoms with E-state index in [-0.39, 0.29) is 5.56 Å². The first kappa shape index (κ1) is 15.8. The van der Waals surface area contributed by atoms with Crippen molar-refractivity contribution in [1.29, 1.82) is 0 Å². The number of benzene rings is 2. The number of rotatable bonds is 2. The smallest absolute Gasteiger partial charge is 0.384 e. The molecule has 1 unspecified atom stereocenters. The second-order valence-corrected chi connectivity index (χ2v) is 5.02. The highest BCUT2D eigenvalue weighted by molar-refractivity contribution is 6.31. The quantitative estimate of drug-likeness (QED) is 0.782. The second-order valence-electron chi connectivity index (χ2n) is 4.62. The van der Waals surface area contributed by atoms with Gasteiger partial charge in [-0.2, -0.15) is 13.2 Å². The number of aliphatic hydroxyl groups excluding tert-OH is 1. The van der Waals surface area contributed by atoms with Crippen LogP contribution in [0, 0.1) is 12.7 Å². The first-order valence-corrected chi connectivity index (χ1v) is 6.39. The molecule has 0 radical (unpaired) electrons. The van der Waals surface area contributed by atoms with Gasteiger partial charge in [-0.3, -0.25) is 0 Å². The van der Waals surface area contributed by atoms with Gasteiger partial charge in [0, 0.05) is 10.6 Å². The molecule has 112 valence electrons. The van der Waals surface area contributed by atoms with Gasteiger partial charge in [-0.25, -0.2) is 4.39 Å². The molecule has 6 heteroatoms. The Morgan fingerprint density at radius 1 is 1.14 bits per heavy atom. The van der Waals surface area contributed by atoms with Gasteiger partial charge in [-0.15, -0.1) is 0 Å². The summed E-state index contributed by atoms with van der Waals surface area (Å²) in [7, 11) is 0. The first-order chi connectivity index (χ1) is 9.71. The van der Waals surface area contributed by atoms with Crippen molar-refractivity contribution in [3.63, 3.8) is 0 Å². The Morgan fingerprint density at radius 3 is 2.38 bits per heavy atom. The second kappa shape index (κ2) is 5.66. The molecule has 21 heavy (non-hydrogen) atoms. The third-order valence-electron chi connectivity index (χ3n) is 3.14. The lowest BCUT2D eigenvalue weighted by Crippen LogP contribution is -2.12. The number of alkyl halides is 3. The van der Waals surface area contributed by atoms with Crippen molar-refractivity contribution < 1.29 is 22.7 Å². The van der Waals surface area contributed by atoms with Crippen molar-refractivity contribution in [3.8, 4) is 0 Å². The summed E-state index contributed by atoms with van der Waals surface area (Å²) in [6.07, 6.45) is -6.34. The van der Waals surface area contributed by atoms with Crippen LogP contribution in [0.15, 0.2) is 36.4 Å². The van der Waals surface area contributed by atoms with Gasteiger partial charge in [0.15, 0.2) is 0 Å². The van der Waals surface area contributed by atoms with Crippen molar-refractivity contribution in [2.75, 3.05) is 0 Å². The van der Waals surface area contributed by atoms with Crippen molar-refractivity contribution in [2.24, 2.45) is 0 Å². The van der Waals surface area contributed by atoms with Crippen LogP contribution in [0.2, 0.25) is 5.02 Å². The molecule has 2 rings (SSSR count). The Labute approximate surface area is 123 Å². The fourth-order valence-electron chi connectivity index (χ4n) is 1.94. The SMILES string of the molecule is Cc1ccc(C(O)c2cccc(C(F)(F)F)c2F)cc1Cl. The molecule has 0 aromatic heterocycles. The maximum absolute atomic E-state index is 14.0. The van der Waals surface area contributed by atoms with E-state index in [1.165, 1.54) is 12.1 Å². The summed E-state index contributed by atoms with van der Waals surface area (Å²) < 4.78 is 52.0. The van der Waals surface area contributed by atoms with Crippen LogP contribution in [0.3, 0.4) is 0 Å². The summed E-state index contributed by atoms with van der Waals surface area (Å²) in [6.45, 7) is 1.74. The van der Waals surface area contributed by atoms with Crippen LogP contribution < -0.4 is 0 Å². The van der Waals surface area contributed by atoms with Crippen LogP contribution >= 0.6 is 11.6 Å². The van der Waals surface area contributed by atoms with E-state index in [1.807, 2.05) is 0 Å². The predicted octanol–water partition coefficient (Wildman–Crippen LogP) is 4.89. The molecule has 1 N–H and O–H groups in total. The first-order valence-electron chi connectivity index (χ1n) is 6.01. The van der Waals surface area contributed by atoms with Gasteiger partial charge < -0.3 is 5.11 Å². The number of hydrogen-bond donors (Lipinski definition) is 1. The van der Waals surface area contributed by atoms with E-state index in [4.69, 9.17) is 11.6 Å². The van der Waals surface area contributed by atoms with Gasteiger partial charge in [0.2, 0.25) is 0 Å². The molecule has 1 atom stereocenters. The van der Waals surface area contributed by atoms with Gasteiger partial charge in [-0.05, 0) is 30.2 Å². The van der Waals surface area contributed by atoms with Crippen LogP contribution in [0.1, 0.15) is 28.4 Å². The molecule has 0 saturated carbocycles. The molecule has 1 nitrogen and oxygen atoms in total. The van der Waals surface area contributed by atoms with E-state index in [2.05, 4.69) is 0 Å². The Kier molecular flexibility index (Phi) is 4.25. The van der Waals surface area contributed by atoms with Gasteiger partial charge in [-0.1, -0.05) is 35.9 Å². The molecule has 0 amide bonds. The van der Waals surface area contributed by atoms with Crippen LogP contribution in [-0.2, 0) is 6.18 Å². The topological polar surface area (TPSA) is 20.2 Å². The number of hydrogen-bond acceptors (Lipinski definition) is 1. The molecule has 0 fully saturated rings. The van der Waals surface area contributed by atoms with E-state index in [1.54, 1.807) is 13.0 Å². The van der Waals surface area contributed by atoms with Crippen molar-refractivity contribution in [2.45, 2.75) is 19.2 Å². The summed E-state index contributed by atoms with van der Waals surface area (Å²) in [6, 6.07) is 7.30. The number of aryl methyl sites for hydroxylation is 1. The van der Waals surface area contributed by atoms with E-state index >= 15 is 0 Å². The Balaban J connectivity index is 2.48. The van der Waals surface area contributed by atoms with Crippen LogP contribution in [-0.4, -0.2) is 5.11 Å². The van der Waals surface area contributed by atoms with E-state index in [0.29, 0.717) is 11.1 Å². The maximum Gasteiger partial charge on any atom is 0.419 e. The minimum absolute atomic E-state index is 0.226. The van der Waals surface area contributed by atoms with E-state index in [0.717, 1.165) is 17.7 Å². The zero-order chi connectivity index (χ0) is 15.8. The van der Waals surface area contributed by atoms with Crippen molar-refractivity contribution in [1.82, 2.24) is 0 Å². The maximum atomic E-state index is 14.0. The summed E-state index contributed by atoms with van der Waals surface area (Å²) in [5, 5.41) is 10.5. The summed E-state index contributed by atoms with van der Waals surface area (Å²) in [5.41, 5.74) is -0.872. The summed E-state index contributed by atoms with van der Waals surface area (Å²) in [5.74, 6) is -1.48. The average Bonchev–Trinajstić information content (AvgIpc) is 2.40. The molecule has 0 heterocycles. The number of halogens is 5. The lowest BCUT2D eigenvalue weighted by molar-refractivity contribution is -0.140. The van der Waals surface area contributed by atoms with Gasteiger partial charge in [0.25, 0.3) is 0 Å². The highest BCUT2D eigenvalue weighted by Crippen LogP contribution is 2.35. The molecule has 0 bridgehead atoms. The molecule has 0 saturated heterocycles. The Morgan fingerprint density at radius 2 is 1.81 bits per heavy atom. The third-order valence-corrected chi connectivity index (χ3v) is 3.55. The minimum atomic E-state index is -4.81. The largest absolute Gasteiger partial charge is 0.419 e. The molecular formula is C15H11ClF4O. The molecular weight excluding hydrogens is 308 g/mol. The van der Waals surface area contributed by atoms with E-state index < -0.39 is 29.2 Å². The van der Waals surface area contributed by atoms with Crippen LogP contribution in [0.25, 0.3) is 0 Å². The molecule has 0 spiro atoms. The molecule has 0 aliphatic rings. The number of aliphatic hydroxyl groups is 1. The van der Waals surface area contributed by atoms with Gasteiger partial charge in [0.05, 0.1) is 5.56 Å². The highest BCUT2D eigenvalue weighted by atomic mass is 35.5. The minimum Gasteiger partial charge on any atom is -0.384 e. The lowest BCUT2D eigenvalue weighted by atomic mass is 9.98. The van der Waals surface area contributed by atoms with Gasteiger partial charge >= 0.3 is 6.18 Å². The van der Waals surface area contributed by atoms with Gasteiger partial charge in [0.1, 0.15) is 11.9 Å². The lowest BCUT2D eigenvalue weighted by Gasteiger charge is -2.16. The Hall–Kier alpha value is -1.59. The normalized spacial score (nSPS) is 13.3. The third kappa shape index (κ3) is 3.19. The van der Waals surface area contributed by atoms with Crippen LogP contribution in [0.5, 0.6) is 0 Å². The highest BCUT2D eigenvalue weighted by Gasteiger charge is 2.35. The molecule has 2 aromatic rings.